The van der Waals surface area contributed by atoms with E-state index in [9.17, 15) is 0 Å². The number of hydrogen-bond donors (Lipinski definition) is 2. The van der Waals surface area contributed by atoms with Crippen LogP contribution in [0.15, 0.2) is 24.3 Å². The Kier molecular flexibility index (Phi) is 6.42. The van der Waals surface area contributed by atoms with Gasteiger partial charge in [0, 0.05) is 17.6 Å². The van der Waals surface area contributed by atoms with E-state index < -0.39 is 0 Å². The van der Waals surface area contributed by atoms with Gasteiger partial charge in [-0.3, -0.25) is 0 Å². The molecule has 4 heteroatoms. The molecule has 3 nitrogen and oxygen atoms in total. The Morgan fingerprint density at radius 2 is 2.12 bits per heavy atom. The van der Waals surface area contributed by atoms with E-state index in [1.165, 1.54) is 0 Å². The van der Waals surface area contributed by atoms with Crippen molar-refractivity contribution < 1.29 is 9.84 Å². The number of ether oxygens (including phenoxy) is 1. The van der Waals surface area contributed by atoms with Crippen molar-refractivity contribution in [3.05, 3.63) is 34.9 Å². The molecule has 0 fully saturated rings. The van der Waals surface area contributed by atoms with Crippen LogP contribution in [0.5, 0.6) is 0 Å². The minimum Gasteiger partial charge on any atom is -0.394 e. The summed E-state index contributed by atoms with van der Waals surface area (Å²) in [6.45, 7) is 3.86. The zero-order chi connectivity index (χ0) is 11.8. The number of halogens is 1. The maximum atomic E-state index is 8.53. The van der Waals surface area contributed by atoms with Crippen molar-refractivity contribution in [1.82, 2.24) is 5.32 Å². The van der Waals surface area contributed by atoms with Crippen LogP contribution in [-0.2, 0) is 4.74 Å². The van der Waals surface area contributed by atoms with Crippen LogP contribution in [0.1, 0.15) is 18.5 Å². The van der Waals surface area contributed by atoms with Crippen molar-refractivity contribution in [3.8, 4) is 0 Å². The van der Waals surface area contributed by atoms with Gasteiger partial charge in [-0.1, -0.05) is 29.8 Å². The number of nitrogens with one attached hydrogen (secondary N) is 1. The van der Waals surface area contributed by atoms with E-state index in [0.717, 1.165) is 17.1 Å². The summed E-state index contributed by atoms with van der Waals surface area (Å²) >= 11 is 6.08. The van der Waals surface area contributed by atoms with Gasteiger partial charge in [0.25, 0.3) is 0 Å². The van der Waals surface area contributed by atoms with Crippen LogP contribution in [0.3, 0.4) is 0 Å². The van der Waals surface area contributed by atoms with Crippen molar-refractivity contribution in [2.75, 3.05) is 26.4 Å². The summed E-state index contributed by atoms with van der Waals surface area (Å²) < 4.78 is 5.15. The molecule has 16 heavy (non-hydrogen) atoms. The minimum atomic E-state index is 0.0695. The van der Waals surface area contributed by atoms with E-state index in [0.29, 0.717) is 13.2 Å². The third-order valence-electron chi connectivity index (χ3n) is 2.30. The van der Waals surface area contributed by atoms with Gasteiger partial charge in [-0.2, -0.15) is 0 Å². The molecule has 1 aromatic carbocycles. The highest BCUT2D eigenvalue weighted by atomic mass is 35.5. The Labute approximate surface area is 101 Å². The first kappa shape index (κ1) is 13.5. The standard InChI is InChI=1S/C12H18ClNO2/c1-10(14-6-8-16-9-7-15)11-4-2-3-5-12(11)13/h2-5,10,14-15H,6-9H2,1H3/t10-/m1/s1. The number of rotatable bonds is 7. The molecule has 0 unspecified atom stereocenters. The molecule has 0 saturated carbocycles. The van der Waals surface area contributed by atoms with E-state index >= 15 is 0 Å². The summed E-state index contributed by atoms with van der Waals surface area (Å²) in [4.78, 5) is 0. The Morgan fingerprint density at radius 1 is 1.38 bits per heavy atom. The molecule has 0 heterocycles. The lowest BCUT2D eigenvalue weighted by Crippen LogP contribution is -2.24. The van der Waals surface area contributed by atoms with Crippen LogP contribution in [-0.4, -0.2) is 31.5 Å². The minimum absolute atomic E-state index is 0.0695. The molecule has 1 atom stereocenters. The molecule has 1 rings (SSSR count). The predicted octanol–water partition coefficient (Wildman–Crippen LogP) is 2.00. The number of aliphatic hydroxyl groups excluding tert-OH is 1. The molecule has 0 bridgehead atoms. The van der Waals surface area contributed by atoms with E-state index in [-0.39, 0.29) is 12.6 Å². The summed E-state index contributed by atoms with van der Waals surface area (Å²) in [5.74, 6) is 0. The van der Waals surface area contributed by atoms with Crippen LogP contribution < -0.4 is 5.32 Å². The second kappa shape index (κ2) is 7.63. The van der Waals surface area contributed by atoms with Gasteiger partial charge in [0.2, 0.25) is 0 Å². The first-order chi connectivity index (χ1) is 7.75. The molecule has 0 aliphatic heterocycles. The lowest BCUT2D eigenvalue weighted by Gasteiger charge is -2.15. The topological polar surface area (TPSA) is 41.5 Å². The highest BCUT2D eigenvalue weighted by Gasteiger charge is 2.07. The average molecular weight is 244 g/mol. The first-order valence-electron chi connectivity index (χ1n) is 5.42. The fourth-order valence-electron chi connectivity index (χ4n) is 1.45. The van der Waals surface area contributed by atoms with Gasteiger partial charge in [0.1, 0.15) is 0 Å². The Hall–Kier alpha value is -0.610. The Morgan fingerprint density at radius 3 is 2.81 bits per heavy atom. The summed E-state index contributed by atoms with van der Waals surface area (Å²) in [6.07, 6.45) is 0. The second-order valence-electron chi connectivity index (χ2n) is 3.53. The highest BCUT2D eigenvalue weighted by molar-refractivity contribution is 6.31. The quantitative estimate of drug-likeness (QED) is 0.720. The second-order valence-corrected chi connectivity index (χ2v) is 3.94. The van der Waals surface area contributed by atoms with Crippen LogP contribution >= 0.6 is 11.6 Å². The molecule has 0 radical (unpaired) electrons. The number of hydrogen-bond acceptors (Lipinski definition) is 3. The van der Waals surface area contributed by atoms with E-state index in [1.807, 2.05) is 24.3 Å². The van der Waals surface area contributed by atoms with Crippen molar-refractivity contribution in [2.24, 2.45) is 0 Å². The maximum absolute atomic E-state index is 8.53. The molecule has 0 spiro atoms. The number of aliphatic hydroxyl groups is 1. The molecule has 0 aliphatic carbocycles. The molecule has 0 saturated heterocycles. The molecule has 0 aromatic heterocycles. The van der Waals surface area contributed by atoms with Crippen molar-refractivity contribution in [1.29, 1.82) is 0 Å². The van der Waals surface area contributed by atoms with Crippen molar-refractivity contribution in [3.63, 3.8) is 0 Å². The molecule has 0 amide bonds. The average Bonchev–Trinajstić information content (AvgIpc) is 2.29. The summed E-state index contributed by atoms with van der Waals surface area (Å²) in [5.41, 5.74) is 1.09. The fourth-order valence-corrected chi connectivity index (χ4v) is 1.75. The third-order valence-corrected chi connectivity index (χ3v) is 2.65. The van der Waals surface area contributed by atoms with Gasteiger partial charge < -0.3 is 15.2 Å². The molecule has 1 aromatic rings. The molecule has 0 aliphatic rings. The SMILES string of the molecule is C[C@@H](NCCOCCO)c1ccccc1Cl. The number of benzene rings is 1. The van der Waals surface area contributed by atoms with Crippen LogP contribution in [0.2, 0.25) is 5.02 Å². The first-order valence-corrected chi connectivity index (χ1v) is 5.80. The van der Waals surface area contributed by atoms with Gasteiger partial charge >= 0.3 is 0 Å². The smallest absolute Gasteiger partial charge is 0.0698 e. The monoisotopic (exact) mass is 243 g/mol. The van der Waals surface area contributed by atoms with Gasteiger partial charge in [0.15, 0.2) is 0 Å². The lowest BCUT2D eigenvalue weighted by molar-refractivity contribution is 0.0928. The normalized spacial score (nSPS) is 12.7. The third kappa shape index (κ3) is 4.49. The zero-order valence-corrected chi connectivity index (χ0v) is 10.2. The van der Waals surface area contributed by atoms with Gasteiger partial charge in [-0.25, -0.2) is 0 Å². The molecular formula is C12H18ClNO2. The van der Waals surface area contributed by atoms with Gasteiger partial charge in [-0.05, 0) is 18.6 Å². The largest absolute Gasteiger partial charge is 0.394 e. The molecule has 2 N–H and O–H groups in total. The van der Waals surface area contributed by atoms with Crippen molar-refractivity contribution >= 4 is 11.6 Å². The molecular weight excluding hydrogens is 226 g/mol. The summed E-state index contributed by atoms with van der Waals surface area (Å²) in [6, 6.07) is 7.99. The summed E-state index contributed by atoms with van der Waals surface area (Å²) in [5, 5.41) is 12.6. The summed E-state index contributed by atoms with van der Waals surface area (Å²) in [7, 11) is 0. The van der Waals surface area contributed by atoms with Crippen LogP contribution in [0.25, 0.3) is 0 Å². The molecule has 90 valence electrons. The Bertz CT molecular complexity index is 307. The van der Waals surface area contributed by atoms with Crippen LogP contribution in [0.4, 0.5) is 0 Å². The van der Waals surface area contributed by atoms with Gasteiger partial charge in [-0.15, -0.1) is 0 Å². The fraction of sp³-hybridized carbons (Fsp3) is 0.500. The van der Waals surface area contributed by atoms with Crippen LogP contribution in [0, 0.1) is 0 Å². The van der Waals surface area contributed by atoms with E-state index in [4.69, 9.17) is 21.4 Å². The van der Waals surface area contributed by atoms with E-state index in [2.05, 4.69) is 12.2 Å². The van der Waals surface area contributed by atoms with Crippen molar-refractivity contribution in [2.45, 2.75) is 13.0 Å². The highest BCUT2D eigenvalue weighted by Crippen LogP contribution is 2.21. The van der Waals surface area contributed by atoms with E-state index in [1.54, 1.807) is 0 Å². The maximum Gasteiger partial charge on any atom is 0.0698 e. The Balaban J connectivity index is 2.30. The zero-order valence-electron chi connectivity index (χ0n) is 9.45. The van der Waals surface area contributed by atoms with Gasteiger partial charge in [0.05, 0.1) is 19.8 Å². The predicted molar refractivity (Wildman–Crippen MR) is 65.8 cm³/mol. The lowest BCUT2D eigenvalue weighted by atomic mass is 10.1.